The molecule has 2 aromatic carbocycles. The average Bonchev–Trinajstić information content (AvgIpc) is 3.31. The maximum Gasteiger partial charge on any atom is 0.431 e. The third kappa shape index (κ3) is 4.95. The number of ether oxygens (including phenoxy) is 1. The highest BCUT2D eigenvalue weighted by atomic mass is 35.5. The van der Waals surface area contributed by atoms with Crippen molar-refractivity contribution in [3.05, 3.63) is 103 Å². The zero-order valence-corrected chi connectivity index (χ0v) is 19.7. The number of thiazole rings is 1. The molecule has 2 aromatic heterocycles. The van der Waals surface area contributed by atoms with E-state index in [1.807, 2.05) is 6.07 Å². The first kappa shape index (κ1) is 25.3. The van der Waals surface area contributed by atoms with Crippen molar-refractivity contribution >= 4 is 28.9 Å². The lowest BCUT2D eigenvalue weighted by molar-refractivity contribution is -0.144. The standard InChI is InChI=1S/C23H14ClF4N3O4S/c1-30-18(23(26,27)28)9-19(32)31(22(30)34)16-7-13(14(24)8-15(16)25)20-29-10-17(36-20)21(33)35-11-12-5-3-2-4-6-12/h2-10H,11H2,1H3. The number of benzene rings is 2. The number of carbonyl (C=O) groups excluding carboxylic acids is 1. The highest BCUT2D eigenvalue weighted by molar-refractivity contribution is 7.16. The van der Waals surface area contributed by atoms with Crippen LogP contribution in [0.15, 0.2) is 64.3 Å². The average molecular weight is 540 g/mol. The zero-order chi connectivity index (χ0) is 26.2. The van der Waals surface area contributed by atoms with E-state index in [1.165, 1.54) is 6.20 Å². The van der Waals surface area contributed by atoms with Crippen LogP contribution in [-0.2, 0) is 24.6 Å². The molecular formula is C23H14ClF4N3O4S. The molecular weight excluding hydrogens is 526 g/mol. The van der Waals surface area contributed by atoms with Crippen molar-refractivity contribution in [2.45, 2.75) is 12.8 Å². The van der Waals surface area contributed by atoms with Crippen LogP contribution in [0.2, 0.25) is 5.02 Å². The molecule has 13 heteroatoms. The number of halogens is 5. The van der Waals surface area contributed by atoms with Crippen LogP contribution < -0.4 is 11.2 Å². The molecule has 0 aliphatic rings. The molecule has 4 aromatic rings. The molecule has 7 nitrogen and oxygen atoms in total. The number of aromatic nitrogens is 3. The Bertz CT molecular complexity index is 1580. The van der Waals surface area contributed by atoms with Crippen LogP contribution in [0.4, 0.5) is 17.6 Å². The molecule has 0 radical (unpaired) electrons. The van der Waals surface area contributed by atoms with Gasteiger partial charge in [0.05, 0.1) is 16.9 Å². The fourth-order valence-corrected chi connectivity index (χ4v) is 4.42. The Hall–Kier alpha value is -3.77. The lowest BCUT2D eigenvalue weighted by atomic mass is 10.2. The minimum Gasteiger partial charge on any atom is -0.457 e. The van der Waals surface area contributed by atoms with Crippen molar-refractivity contribution in [2.75, 3.05) is 0 Å². The Morgan fingerprint density at radius 2 is 1.83 bits per heavy atom. The van der Waals surface area contributed by atoms with Gasteiger partial charge in [-0.05, 0) is 17.7 Å². The molecule has 0 fully saturated rings. The third-order valence-corrected chi connectivity index (χ3v) is 6.36. The van der Waals surface area contributed by atoms with E-state index in [9.17, 15) is 31.9 Å². The van der Waals surface area contributed by atoms with Gasteiger partial charge in [-0.15, -0.1) is 11.3 Å². The summed E-state index contributed by atoms with van der Waals surface area (Å²) in [5.74, 6) is -1.80. The summed E-state index contributed by atoms with van der Waals surface area (Å²) < 4.78 is 59.9. The summed E-state index contributed by atoms with van der Waals surface area (Å²) in [6.07, 6.45) is -3.75. The van der Waals surface area contributed by atoms with E-state index in [1.54, 1.807) is 24.3 Å². The number of alkyl halides is 3. The van der Waals surface area contributed by atoms with Crippen LogP contribution in [-0.4, -0.2) is 20.1 Å². The SMILES string of the molecule is Cn1c(C(F)(F)F)cc(=O)n(-c2cc(-c3ncc(C(=O)OCc4ccccc4)s3)c(Cl)cc2F)c1=O. The summed E-state index contributed by atoms with van der Waals surface area (Å²) in [5.41, 5.74) is -4.09. The predicted molar refractivity (Wildman–Crippen MR) is 124 cm³/mol. The summed E-state index contributed by atoms with van der Waals surface area (Å²) in [5, 5.41) is -0.0312. The van der Waals surface area contributed by atoms with Gasteiger partial charge in [0.25, 0.3) is 5.56 Å². The molecule has 0 bridgehead atoms. The second-order valence-electron chi connectivity index (χ2n) is 7.42. The predicted octanol–water partition coefficient (Wildman–Crippen LogP) is 4.83. The maximum atomic E-state index is 14.7. The highest BCUT2D eigenvalue weighted by Crippen LogP contribution is 2.34. The van der Waals surface area contributed by atoms with E-state index in [0.717, 1.165) is 36.1 Å². The molecule has 0 amide bonds. The van der Waals surface area contributed by atoms with Gasteiger partial charge in [-0.3, -0.25) is 9.36 Å². The van der Waals surface area contributed by atoms with Crippen molar-refractivity contribution in [1.82, 2.24) is 14.1 Å². The molecule has 36 heavy (non-hydrogen) atoms. The minimum absolute atomic E-state index is 0.0223. The van der Waals surface area contributed by atoms with E-state index in [2.05, 4.69) is 4.98 Å². The molecule has 0 aliphatic heterocycles. The lowest BCUT2D eigenvalue weighted by Crippen LogP contribution is -2.41. The van der Waals surface area contributed by atoms with Crippen molar-refractivity contribution in [2.24, 2.45) is 7.05 Å². The highest BCUT2D eigenvalue weighted by Gasteiger charge is 2.35. The van der Waals surface area contributed by atoms with Gasteiger partial charge in [-0.2, -0.15) is 13.2 Å². The molecule has 0 unspecified atom stereocenters. The Morgan fingerprint density at radius 1 is 1.14 bits per heavy atom. The monoisotopic (exact) mass is 539 g/mol. The largest absolute Gasteiger partial charge is 0.457 e. The Balaban J connectivity index is 1.71. The molecule has 4 rings (SSSR count). The molecule has 0 N–H and O–H groups in total. The van der Waals surface area contributed by atoms with Crippen molar-refractivity contribution in [3.8, 4) is 16.3 Å². The van der Waals surface area contributed by atoms with E-state index in [4.69, 9.17) is 16.3 Å². The molecule has 0 spiro atoms. The number of esters is 1. The topological polar surface area (TPSA) is 83.2 Å². The van der Waals surface area contributed by atoms with Gasteiger partial charge in [-0.25, -0.2) is 23.5 Å². The quantitative estimate of drug-likeness (QED) is 0.268. The zero-order valence-electron chi connectivity index (χ0n) is 18.2. The summed E-state index contributed by atoms with van der Waals surface area (Å²) in [6.45, 7) is 0.0223. The van der Waals surface area contributed by atoms with Crippen molar-refractivity contribution in [1.29, 1.82) is 0 Å². The number of hydrogen-bond acceptors (Lipinski definition) is 6. The normalized spacial score (nSPS) is 11.5. The first-order valence-corrected chi connectivity index (χ1v) is 11.2. The summed E-state index contributed by atoms with van der Waals surface area (Å²) in [7, 11) is 0.810. The van der Waals surface area contributed by atoms with E-state index in [-0.39, 0.29) is 42.3 Å². The Kier molecular flexibility index (Phi) is 6.83. The van der Waals surface area contributed by atoms with Gasteiger partial charge >= 0.3 is 17.8 Å². The van der Waals surface area contributed by atoms with Gasteiger partial charge in [0.1, 0.15) is 28.0 Å². The fourth-order valence-electron chi connectivity index (χ4n) is 3.28. The van der Waals surface area contributed by atoms with E-state index in [0.29, 0.717) is 0 Å². The maximum absolute atomic E-state index is 14.7. The van der Waals surface area contributed by atoms with Crippen LogP contribution in [0.25, 0.3) is 16.3 Å². The fraction of sp³-hybridized carbons (Fsp3) is 0.130. The second kappa shape index (κ2) is 9.70. The number of carbonyl (C=O) groups is 1. The molecule has 2 heterocycles. The molecule has 0 saturated carbocycles. The molecule has 0 atom stereocenters. The number of rotatable bonds is 5. The van der Waals surface area contributed by atoms with Gasteiger partial charge in [0, 0.05) is 18.7 Å². The molecule has 186 valence electrons. The number of nitrogens with zero attached hydrogens (tertiary/aromatic N) is 3. The second-order valence-corrected chi connectivity index (χ2v) is 8.86. The Morgan fingerprint density at radius 3 is 2.50 bits per heavy atom. The van der Waals surface area contributed by atoms with Crippen molar-refractivity contribution < 1.29 is 27.1 Å². The van der Waals surface area contributed by atoms with Crippen LogP contribution in [0, 0.1) is 5.82 Å². The van der Waals surface area contributed by atoms with E-state index >= 15 is 0 Å². The van der Waals surface area contributed by atoms with E-state index < -0.39 is 40.6 Å². The van der Waals surface area contributed by atoms with Gasteiger partial charge in [-0.1, -0.05) is 41.9 Å². The van der Waals surface area contributed by atoms with Crippen LogP contribution in [0.5, 0.6) is 0 Å². The first-order valence-electron chi connectivity index (χ1n) is 10.0. The first-order chi connectivity index (χ1) is 17.0. The van der Waals surface area contributed by atoms with Crippen LogP contribution >= 0.6 is 22.9 Å². The number of hydrogen-bond donors (Lipinski definition) is 0. The van der Waals surface area contributed by atoms with Gasteiger partial charge < -0.3 is 4.74 Å². The van der Waals surface area contributed by atoms with Gasteiger partial charge in [0.2, 0.25) is 0 Å². The lowest BCUT2D eigenvalue weighted by Gasteiger charge is -2.15. The van der Waals surface area contributed by atoms with Crippen molar-refractivity contribution in [3.63, 3.8) is 0 Å². The third-order valence-electron chi connectivity index (χ3n) is 5.04. The summed E-state index contributed by atoms with van der Waals surface area (Å²) in [4.78, 5) is 41.6. The minimum atomic E-state index is -4.97. The molecule has 0 aliphatic carbocycles. The molecule has 0 saturated heterocycles. The van der Waals surface area contributed by atoms with Crippen LogP contribution in [0.1, 0.15) is 20.9 Å². The Labute approximate surface area is 208 Å². The summed E-state index contributed by atoms with van der Waals surface area (Å²) >= 11 is 7.00. The van der Waals surface area contributed by atoms with Gasteiger partial charge in [0.15, 0.2) is 0 Å². The van der Waals surface area contributed by atoms with Crippen LogP contribution in [0.3, 0.4) is 0 Å². The smallest absolute Gasteiger partial charge is 0.431 e. The summed E-state index contributed by atoms with van der Waals surface area (Å²) in [6, 6.07) is 10.9.